The Hall–Kier alpha value is -0.0000000000000000833. The molecule has 0 saturated carbocycles. The van der Waals surface area contributed by atoms with Crippen molar-refractivity contribution in [1.82, 2.24) is 0 Å². The van der Waals surface area contributed by atoms with Crippen LogP contribution in [0.15, 0.2) is 18.2 Å². The molecule has 0 aliphatic carbocycles. The fourth-order valence-electron chi connectivity index (χ4n) is 1.22. The molecule has 1 heterocycles. The Bertz CT molecular complexity index is 427. The second kappa shape index (κ2) is 4.24. The van der Waals surface area contributed by atoms with Crippen LogP contribution in [0.4, 0.5) is 0 Å². The molecule has 0 unspecified atom stereocenters. The van der Waals surface area contributed by atoms with E-state index >= 15 is 0 Å². The van der Waals surface area contributed by atoms with Crippen molar-refractivity contribution < 1.29 is 4.74 Å². The lowest BCUT2D eigenvalue weighted by Crippen LogP contribution is -1.86. The molecule has 0 bridgehead atoms. The fraction of sp³-hybridized carbons (Fsp3) is 0.200. The zero-order chi connectivity index (χ0) is 10.1. The highest BCUT2D eigenvalue weighted by atomic mass is 127. The molecule has 1 aromatic heterocycles. The Kier molecular flexibility index (Phi) is 3.19. The first kappa shape index (κ1) is 10.5. The third-order valence-corrected chi connectivity index (χ3v) is 4.36. The van der Waals surface area contributed by atoms with Gasteiger partial charge in [0.1, 0.15) is 0 Å². The number of thiophene rings is 1. The van der Waals surface area contributed by atoms with E-state index in [0.29, 0.717) is 6.61 Å². The van der Waals surface area contributed by atoms with E-state index in [2.05, 4.69) is 28.7 Å². The van der Waals surface area contributed by atoms with Crippen LogP contribution in [0, 0.1) is 3.57 Å². The molecule has 74 valence electrons. The first-order valence-electron chi connectivity index (χ1n) is 4.22. The van der Waals surface area contributed by atoms with E-state index in [1.165, 1.54) is 4.70 Å². The predicted molar refractivity (Wildman–Crippen MR) is 70.7 cm³/mol. The minimum atomic E-state index is 0.706. The largest absolute Gasteiger partial charge is 0.484 e. The number of hydrogen-bond donors (Lipinski definition) is 0. The quantitative estimate of drug-likeness (QED) is 0.730. The van der Waals surface area contributed by atoms with Crippen molar-refractivity contribution in [3.05, 3.63) is 26.8 Å². The molecule has 0 radical (unpaired) electrons. The third-order valence-electron chi connectivity index (χ3n) is 1.82. The zero-order valence-electron chi connectivity index (χ0n) is 7.51. The van der Waals surface area contributed by atoms with E-state index in [1.807, 2.05) is 19.1 Å². The summed E-state index contributed by atoms with van der Waals surface area (Å²) in [7, 11) is 0. The molecule has 0 saturated heterocycles. The molecular weight excluding hydrogens is 331 g/mol. The molecule has 0 aliphatic heterocycles. The third kappa shape index (κ3) is 1.99. The van der Waals surface area contributed by atoms with Gasteiger partial charge in [0, 0.05) is 8.27 Å². The van der Waals surface area contributed by atoms with Crippen molar-refractivity contribution in [1.29, 1.82) is 0 Å². The second-order valence-electron chi connectivity index (χ2n) is 2.80. The summed E-state index contributed by atoms with van der Waals surface area (Å²) in [6.07, 6.45) is 0. The average molecular weight is 339 g/mol. The molecule has 0 amide bonds. The van der Waals surface area contributed by atoms with Crippen LogP contribution in [-0.4, -0.2) is 6.61 Å². The number of fused-ring (bicyclic) bond motifs is 1. The van der Waals surface area contributed by atoms with Crippen LogP contribution < -0.4 is 4.74 Å². The summed E-state index contributed by atoms with van der Waals surface area (Å²) in [4.78, 5) is 0. The molecule has 0 aliphatic rings. The summed E-state index contributed by atoms with van der Waals surface area (Å²) in [5.41, 5.74) is 0. The van der Waals surface area contributed by atoms with Crippen LogP contribution in [0.1, 0.15) is 6.92 Å². The van der Waals surface area contributed by atoms with Crippen molar-refractivity contribution in [2.45, 2.75) is 6.92 Å². The first-order chi connectivity index (χ1) is 6.70. The fourth-order valence-corrected chi connectivity index (χ4v) is 3.07. The molecule has 2 aromatic rings. The van der Waals surface area contributed by atoms with Gasteiger partial charge in [0.2, 0.25) is 0 Å². The van der Waals surface area contributed by atoms with Gasteiger partial charge < -0.3 is 4.74 Å². The molecule has 4 heteroatoms. The molecule has 14 heavy (non-hydrogen) atoms. The van der Waals surface area contributed by atoms with E-state index in [-0.39, 0.29) is 0 Å². The van der Waals surface area contributed by atoms with Gasteiger partial charge in [-0.25, -0.2) is 0 Å². The SMILES string of the molecule is CCOc1cc2cc(Cl)c(I)cc2s1. The Morgan fingerprint density at radius 1 is 1.43 bits per heavy atom. The standard InChI is InChI=1S/C10H8ClIOS/c1-2-13-10-4-6-3-7(11)8(12)5-9(6)14-10/h3-5H,2H2,1H3. The normalized spacial score (nSPS) is 10.8. The molecule has 0 spiro atoms. The average Bonchev–Trinajstić information content (AvgIpc) is 2.48. The van der Waals surface area contributed by atoms with Gasteiger partial charge in [-0.15, -0.1) is 0 Å². The number of ether oxygens (including phenoxy) is 1. The molecule has 0 N–H and O–H groups in total. The van der Waals surface area contributed by atoms with Crippen LogP contribution in [0.2, 0.25) is 5.02 Å². The summed E-state index contributed by atoms with van der Waals surface area (Å²) in [6, 6.07) is 6.11. The Morgan fingerprint density at radius 2 is 2.21 bits per heavy atom. The van der Waals surface area contributed by atoms with E-state index in [0.717, 1.165) is 19.0 Å². The van der Waals surface area contributed by atoms with E-state index < -0.39 is 0 Å². The lowest BCUT2D eigenvalue weighted by molar-refractivity contribution is 0.350. The van der Waals surface area contributed by atoms with Crippen LogP contribution in [0.25, 0.3) is 10.1 Å². The summed E-state index contributed by atoms with van der Waals surface area (Å²) in [5.74, 6) is 0. The van der Waals surface area contributed by atoms with Crippen molar-refractivity contribution in [3.63, 3.8) is 0 Å². The minimum Gasteiger partial charge on any atom is -0.484 e. The van der Waals surface area contributed by atoms with Gasteiger partial charge >= 0.3 is 0 Å². The maximum atomic E-state index is 6.03. The second-order valence-corrected chi connectivity index (χ2v) is 5.42. The number of halogens is 2. The van der Waals surface area contributed by atoms with Crippen molar-refractivity contribution in [2.24, 2.45) is 0 Å². The van der Waals surface area contributed by atoms with Crippen LogP contribution >= 0.6 is 45.5 Å². The molecule has 0 atom stereocenters. The van der Waals surface area contributed by atoms with Crippen LogP contribution in [0.3, 0.4) is 0 Å². The Morgan fingerprint density at radius 3 is 2.93 bits per heavy atom. The summed E-state index contributed by atoms with van der Waals surface area (Å²) < 4.78 is 7.75. The minimum absolute atomic E-state index is 0.706. The lowest BCUT2D eigenvalue weighted by Gasteiger charge is -1.94. The van der Waals surface area contributed by atoms with E-state index in [4.69, 9.17) is 16.3 Å². The Balaban J connectivity index is 2.54. The topological polar surface area (TPSA) is 9.23 Å². The van der Waals surface area contributed by atoms with Gasteiger partial charge in [-0.2, -0.15) is 0 Å². The molecule has 1 nitrogen and oxygen atoms in total. The van der Waals surface area contributed by atoms with Gasteiger partial charge in [0.25, 0.3) is 0 Å². The van der Waals surface area contributed by atoms with E-state index in [9.17, 15) is 0 Å². The van der Waals surface area contributed by atoms with Gasteiger partial charge in [-0.05, 0) is 53.1 Å². The number of benzene rings is 1. The summed E-state index contributed by atoms with van der Waals surface area (Å²) in [5, 5.41) is 2.92. The highest BCUT2D eigenvalue weighted by Gasteiger charge is 2.05. The monoisotopic (exact) mass is 338 g/mol. The highest BCUT2D eigenvalue weighted by Crippen LogP contribution is 2.35. The highest BCUT2D eigenvalue weighted by molar-refractivity contribution is 14.1. The van der Waals surface area contributed by atoms with E-state index in [1.54, 1.807) is 11.3 Å². The molecular formula is C10H8ClIOS. The maximum absolute atomic E-state index is 6.03. The molecule has 1 aromatic carbocycles. The van der Waals surface area contributed by atoms with Crippen LogP contribution in [0.5, 0.6) is 5.06 Å². The van der Waals surface area contributed by atoms with Gasteiger partial charge in [-0.1, -0.05) is 22.9 Å². The van der Waals surface area contributed by atoms with Crippen molar-refractivity contribution >= 4 is 55.6 Å². The smallest absolute Gasteiger partial charge is 0.174 e. The van der Waals surface area contributed by atoms with Gasteiger partial charge in [0.05, 0.1) is 11.6 Å². The summed E-state index contributed by atoms with van der Waals surface area (Å²) in [6.45, 7) is 2.69. The molecule has 0 fully saturated rings. The first-order valence-corrected chi connectivity index (χ1v) is 6.49. The predicted octanol–water partition coefficient (Wildman–Crippen LogP) is 4.56. The molecule has 2 rings (SSSR count). The Labute approximate surface area is 105 Å². The summed E-state index contributed by atoms with van der Waals surface area (Å²) >= 11 is 9.93. The number of rotatable bonds is 2. The van der Waals surface area contributed by atoms with Gasteiger partial charge in [-0.3, -0.25) is 0 Å². The van der Waals surface area contributed by atoms with Crippen molar-refractivity contribution in [3.8, 4) is 5.06 Å². The van der Waals surface area contributed by atoms with Gasteiger partial charge in [0.15, 0.2) is 5.06 Å². The maximum Gasteiger partial charge on any atom is 0.174 e. The van der Waals surface area contributed by atoms with Crippen molar-refractivity contribution in [2.75, 3.05) is 6.61 Å². The number of hydrogen-bond acceptors (Lipinski definition) is 2. The van der Waals surface area contributed by atoms with Crippen LogP contribution in [-0.2, 0) is 0 Å². The zero-order valence-corrected chi connectivity index (χ0v) is 11.2. The lowest BCUT2D eigenvalue weighted by atomic mass is 10.3.